The molecule has 1 atom stereocenters. The van der Waals surface area contributed by atoms with Crippen molar-refractivity contribution in [3.63, 3.8) is 0 Å². The molecule has 0 unspecified atom stereocenters. The standard InChI is InChI=1S/C34H29BrClN3O6S/c1-5-44-26-15-22(23(35)16-25(26)43-4)29-27(33(42)45-6-2)18(3)37-34-39(29)32(41)30(46-34)28-21-9-7-8-10-24(21)38(31(28)40)17-19-11-13-20(36)14-12-19/h7-16,29H,5-6,17H2,1-4H3/b30-28+/t29-/m1/s1. The van der Waals surface area contributed by atoms with Crippen molar-refractivity contribution < 1.29 is 23.8 Å². The van der Waals surface area contributed by atoms with Gasteiger partial charge in [-0.05, 0) is 62.2 Å². The van der Waals surface area contributed by atoms with Crippen LogP contribution >= 0.6 is 38.9 Å². The van der Waals surface area contributed by atoms with Crippen LogP contribution in [-0.2, 0) is 20.9 Å². The van der Waals surface area contributed by atoms with Crippen LogP contribution in [0.25, 0.3) is 5.57 Å². The molecule has 236 valence electrons. The lowest BCUT2D eigenvalue weighted by molar-refractivity contribution is -0.139. The molecule has 0 aliphatic carbocycles. The van der Waals surface area contributed by atoms with Crippen molar-refractivity contribution in [1.29, 1.82) is 0 Å². The number of carbonyl (C=O) groups excluding carboxylic acids is 2. The minimum atomic E-state index is -0.930. The molecule has 0 saturated heterocycles. The fourth-order valence-corrected chi connectivity index (χ4v) is 7.56. The van der Waals surface area contributed by atoms with E-state index in [-0.39, 0.29) is 28.2 Å². The van der Waals surface area contributed by atoms with E-state index in [0.717, 1.165) is 16.9 Å². The van der Waals surface area contributed by atoms with Crippen LogP contribution in [0.3, 0.4) is 0 Å². The quantitative estimate of drug-likeness (QED) is 0.222. The van der Waals surface area contributed by atoms with Crippen molar-refractivity contribution in [3.8, 4) is 11.5 Å². The van der Waals surface area contributed by atoms with E-state index in [1.165, 1.54) is 11.7 Å². The van der Waals surface area contributed by atoms with E-state index in [0.29, 0.717) is 61.5 Å². The minimum absolute atomic E-state index is 0.139. The van der Waals surface area contributed by atoms with Crippen molar-refractivity contribution in [3.05, 3.63) is 118 Å². The Bertz CT molecular complexity index is 2100. The molecule has 1 aromatic heterocycles. The predicted octanol–water partition coefficient (Wildman–Crippen LogP) is 5.54. The van der Waals surface area contributed by atoms with Gasteiger partial charge in [-0.15, -0.1) is 0 Å². The topological polar surface area (TPSA) is 99.4 Å². The first-order chi connectivity index (χ1) is 22.2. The number of ether oxygens (including phenoxy) is 3. The Morgan fingerprint density at radius 1 is 1.04 bits per heavy atom. The number of carbonyl (C=O) groups is 2. The largest absolute Gasteiger partial charge is 0.493 e. The second kappa shape index (κ2) is 12.9. The van der Waals surface area contributed by atoms with Crippen molar-refractivity contribution in [1.82, 2.24) is 4.57 Å². The highest BCUT2D eigenvalue weighted by atomic mass is 79.9. The van der Waals surface area contributed by atoms with E-state index in [4.69, 9.17) is 30.8 Å². The average molecular weight is 723 g/mol. The Hall–Kier alpha value is -4.19. The van der Waals surface area contributed by atoms with Crippen molar-refractivity contribution in [2.24, 2.45) is 4.99 Å². The highest BCUT2D eigenvalue weighted by molar-refractivity contribution is 9.10. The summed E-state index contributed by atoms with van der Waals surface area (Å²) >= 11 is 10.9. The van der Waals surface area contributed by atoms with Crippen LogP contribution in [0.4, 0.5) is 5.69 Å². The fraction of sp³-hybridized carbons (Fsp3) is 0.235. The molecule has 9 nitrogen and oxygen atoms in total. The molecule has 3 aromatic carbocycles. The number of allylic oxidation sites excluding steroid dienone is 1. The number of fused-ring (bicyclic) bond motifs is 2. The zero-order chi connectivity index (χ0) is 32.7. The second-order valence-electron chi connectivity index (χ2n) is 10.5. The molecule has 0 spiro atoms. The number of thiazole rings is 1. The van der Waals surface area contributed by atoms with E-state index in [1.54, 1.807) is 43.0 Å². The summed E-state index contributed by atoms with van der Waals surface area (Å²) in [4.78, 5) is 48.9. The van der Waals surface area contributed by atoms with Gasteiger partial charge in [-0.3, -0.25) is 14.2 Å². The number of methoxy groups -OCH3 is 1. The maximum atomic E-state index is 14.6. The highest BCUT2D eigenvalue weighted by Gasteiger charge is 2.38. The summed E-state index contributed by atoms with van der Waals surface area (Å²) < 4.78 is 19.1. The van der Waals surface area contributed by atoms with Gasteiger partial charge in [-0.25, -0.2) is 9.79 Å². The van der Waals surface area contributed by atoms with Gasteiger partial charge in [0.15, 0.2) is 16.3 Å². The van der Waals surface area contributed by atoms with Crippen molar-refractivity contribution in [2.45, 2.75) is 33.4 Å². The van der Waals surface area contributed by atoms with Gasteiger partial charge in [0, 0.05) is 15.1 Å². The van der Waals surface area contributed by atoms with Crippen LogP contribution in [0.15, 0.2) is 86.2 Å². The van der Waals surface area contributed by atoms with Gasteiger partial charge in [-0.1, -0.05) is 69.2 Å². The molecule has 0 bridgehead atoms. The maximum Gasteiger partial charge on any atom is 0.338 e. The zero-order valence-corrected chi connectivity index (χ0v) is 28.6. The SMILES string of the molecule is CCOC(=O)C1=C(C)N=c2s/c(=C3/C(=O)N(Cc4ccc(Cl)cc4)c4ccccc43)c(=O)n2[C@@H]1c1cc(OCC)c(OC)cc1Br. The summed E-state index contributed by atoms with van der Waals surface area (Å²) in [5.41, 5.74) is 3.26. The van der Waals surface area contributed by atoms with Gasteiger partial charge >= 0.3 is 5.97 Å². The van der Waals surface area contributed by atoms with E-state index in [2.05, 4.69) is 15.9 Å². The molecule has 1 amide bonds. The third kappa shape index (κ3) is 5.46. The zero-order valence-electron chi connectivity index (χ0n) is 25.4. The Morgan fingerprint density at radius 3 is 2.48 bits per heavy atom. The van der Waals surface area contributed by atoms with Crippen molar-refractivity contribution >= 4 is 62.0 Å². The number of benzene rings is 3. The Labute approximate surface area is 282 Å². The smallest absolute Gasteiger partial charge is 0.338 e. The summed E-state index contributed by atoms with van der Waals surface area (Å²) in [5.74, 6) is 0.0375. The molecule has 6 rings (SSSR count). The van der Waals surface area contributed by atoms with Crippen LogP contribution < -0.4 is 29.3 Å². The molecule has 12 heteroatoms. The van der Waals surface area contributed by atoms with Crippen LogP contribution in [-0.4, -0.2) is 36.8 Å². The van der Waals surface area contributed by atoms with Crippen LogP contribution in [0.2, 0.25) is 5.02 Å². The number of hydrogen-bond acceptors (Lipinski definition) is 8. The van der Waals surface area contributed by atoms with Crippen LogP contribution in [0.1, 0.15) is 43.5 Å². The number of halogens is 2. The number of amides is 1. The highest BCUT2D eigenvalue weighted by Crippen LogP contribution is 2.41. The fourth-order valence-electron chi connectivity index (χ4n) is 5.75. The average Bonchev–Trinajstić information content (AvgIpc) is 3.50. The summed E-state index contributed by atoms with van der Waals surface area (Å²) in [6.45, 7) is 6.09. The first-order valence-electron chi connectivity index (χ1n) is 14.6. The normalized spacial score (nSPS) is 16.6. The molecule has 46 heavy (non-hydrogen) atoms. The molecular formula is C34H29BrClN3O6S. The molecule has 0 saturated carbocycles. The number of aromatic nitrogens is 1. The lowest BCUT2D eigenvalue weighted by atomic mass is 9.95. The molecule has 0 N–H and O–H groups in total. The molecule has 0 radical (unpaired) electrons. The van der Waals surface area contributed by atoms with Crippen LogP contribution in [0.5, 0.6) is 11.5 Å². The minimum Gasteiger partial charge on any atom is -0.493 e. The Balaban J connectivity index is 1.59. The molecule has 2 aliphatic heterocycles. The van der Waals surface area contributed by atoms with Gasteiger partial charge in [0.1, 0.15) is 4.53 Å². The molecule has 2 aliphatic rings. The van der Waals surface area contributed by atoms with E-state index in [9.17, 15) is 14.4 Å². The summed E-state index contributed by atoms with van der Waals surface area (Å²) in [6, 6.07) is 17.2. The Morgan fingerprint density at radius 2 is 1.78 bits per heavy atom. The molecular weight excluding hydrogens is 694 g/mol. The van der Waals surface area contributed by atoms with E-state index in [1.807, 2.05) is 43.3 Å². The van der Waals surface area contributed by atoms with Gasteiger partial charge < -0.3 is 19.1 Å². The maximum absolute atomic E-state index is 14.6. The monoisotopic (exact) mass is 721 g/mol. The molecule has 3 heterocycles. The number of esters is 1. The lowest BCUT2D eigenvalue weighted by Gasteiger charge is -2.26. The predicted molar refractivity (Wildman–Crippen MR) is 180 cm³/mol. The number of nitrogens with zero attached hydrogens (tertiary/aromatic N) is 3. The number of hydrogen-bond donors (Lipinski definition) is 0. The van der Waals surface area contributed by atoms with E-state index < -0.39 is 17.6 Å². The summed E-state index contributed by atoms with van der Waals surface area (Å²) in [6.07, 6.45) is 0. The second-order valence-corrected chi connectivity index (χ2v) is 12.8. The lowest BCUT2D eigenvalue weighted by Crippen LogP contribution is -2.41. The van der Waals surface area contributed by atoms with Crippen molar-refractivity contribution in [2.75, 3.05) is 25.2 Å². The molecule has 0 fully saturated rings. The third-order valence-electron chi connectivity index (χ3n) is 7.77. The van der Waals surface area contributed by atoms with Crippen LogP contribution in [0, 0.1) is 0 Å². The van der Waals surface area contributed by atoms with Gasteiger partial charge in [0.05, 0.1) is 55.4 Å². The number of para-hydroxylation sites is 1. The molecule has 4 aromatic rings. The van der Waals surface area contributed by atoms with E-state index >= 15 is 0 Å². The number of anilines is 1. The first kappa shape index (κ1) is 31.8. The van der Waals surface area contributed by atoms with Gasteiger partial charge in [-0.2, -0.15) is 0 Å². The third-order valence-corrected chi connectivity index (χ3v) is 9.77. The summed E-state index contributed by atoms with van der Waals surface area (Å²) in [7, 11) is 1.54. The first-order valence-corrected chi connectivity index (χ1v) is 16.5. The summed E-state index contributed by atoms with van der Waals surface area (Å²) in [5, 5.41) is 0.600. The van der Waals surface area contributed by atoms with Gasteiger partial charge in [0.25, 0.3) is 11.5 Å². The number of rotatable bonds is 8. The van der Waals surface area contributed by atoms with Gasteiger partial charge in [0.2, 0.25) is 0 Å². The Kier molecular flexibility index (Phi) is 8.91.